The maximum absolute atomic E-state index is 13.3. The van der Waals surface area contributed by atoms with E-state index in [4.69, 9.17) is 9.90 Å². The molecule has 1 aromatic rings. The van der Waals surface area contributed by atoms with Crippen molar-refractivity contribution in [3.8, 4) is 0 Å². The number of nitrogens with one attached hydrogen (secondary N) is 3. The van der Waals surface area contributed by atoms with Crippen molar-refractivity contribution >= 4 is 29.4 Å². The van der Waals surface area contributed by atoms with Crippen LogP contribution in [0.1, 0.15) is 70.3 Å². The predicted octanol–water partition coefficient (Wildman–Crippen LogP) is 3.34. The number of hydrogen-bond acceptors (Lipinski definition) is 6. The molecule has 1 heterocycles. The number of benzene rings is 1. The van der Waals surface area contributed by atoms with Crippen LogP contribution in [0.15, 0.2) is 24.3 Å². The van der Waals surface area contributed by atoms with Crippen molar-refractivity contribution in [2.75, 3.05) is 45.1 Å². The molecule has 1 saturated carbocycles. The largest absolute Gasteiger partial charge is 0.490 e. The van der Waals surface area contributed by atoms with Gasteiger partial charge in [0, 0.05) is 50.2 Å². The summed E-state index contributed by atoms with van der Waals surface area (Å²) in [6.07, 6.45) is 2.58. The number of anilines is 1. The van der Waals surface area contributed by atoms with Crippen LogP contribution in [0.2, 0.25) is 0 Å². The highest BCUT2D eigenvalue weighted by molar-refractivity contribution is 5.92. The Kier molecular flexibility index (Phi) is 14.2. The predicted molar refractivity (Wildman–Crippen MR) is 153 cm³/mol. The van der Waals surface area contributed by atoms with Crippen molar-refractivity contribution < 1.29 is 37.5 Å². The molecule has 3 rings (SSSR count). The summed E-state index contributed by atoms with van der Waals surface area (Å²) in [6, 6.07) is 7.42. The summed E-state index contributed by atoms with van der Waals surface area (Å²) in [5.74, 6) is -3.16. The van der Waals surface area contributed by atoms with Crippen LogP contribution in [0.5, 0.6) is 0 Å². The lowest BCUT2D eigenvalue weighted by Crippen LogP contribution is -2.55. The van der Waals surface area contributed by atoms with Crippen LogP contribution >= 0.6 is 0 Å². The van der Waals surface area contributed by atoms with Crippen LogP contribution in [-0.4, -0.2) is 96.6 Å². The van der Waals surface area contributed by atoms with E-state index in [0.29, 0.717) is 32.1 Å². The third-order valence-electron chi connectivity index (χ3n) is 7.59. The molecule has 0 aromatic heterocycles. The maximum atomic E-state index is 13.3. The summed E-state index contributed by atoms with van der Waals surface area (Å²) >= 11 is 0. The van der Waals surface area contributed by atoms with Gasteiger partial charge in [0.1, 0.15) is 6.04 Å². The molecule has 236 valence electrons. The third kappa shape index (κ3) is 12.0. The van der Waals surface area contributed by atoms with Gasteiger partial charge in [-0.05, 0) is 37.6 Å². The van der Waals surface area contributed by atoms with Crippen molar-refractivity contribution in [3.05, 3.63) is 29.8 Å². The fourth-order valence-corrected chi connectivity index (χ4v) is 4.89. The van der Waals surface area contributed by atoms with Gasteiger partial charge in [-0.1, -0.05) is 51.7 Å². The lowest BCUT2D eigenvalue weighted by molar-refractivity contribution is -0.192. The van der Waals surface area contributed by atoms with Crippen molar-refractivity contribution in [2.45, 2.75) is 83.0 Å². The quantitative estimate of drug-likeness (QED) is 0.320. The molecule has 2 fully saturated rings. The Bertz CT molecular complexity index is 1020. The minimum Gasteiger partial charge on any atom is -0.475 e. The second-order valence-corrected chi connectivity index (χ2v) is 10.9. The molecular formula is C29H44F3N5O5. The molecule has 42 heavy (non-hydrogen) atoms. The molecule has 0 spiro atoms. The van der Waals surface area contributed by atoms with Gasteiger partial charge in [-0.25, -0.2) is 4.79 Å². The number of carbonyl (C=O) groups is 4. The van der Waals surface area contributed by atoms with Crippen molar-refractivity contribution in [3.63, 3.8) is 0 Å². The van der Waals surface area contributed by atoms with E-state index in [1.165, 1.54) is 25.7 Å². The minimum absolute atomic E-state index is 0.0330. The Morgan fingerprint density at radius 1 is 0.952 bits per heavy atom. The van der Waals surface area contributed by atoms with E-state index in [2.05, 4.69) is 27.9 Å². The van der Waals surface area contributed by atoms with E-state index >= 15 is 0 Å². The number of likely N-dealkylation sites (N-methyl/N-ethyl adjacent to an activating group) is 1. The van der Waals surface area contributed by atoms with Gasteiger partial charge in [0.2, 0.25) is 17.7 Å². The first kappa shape index (κ1) is 35.0. The molecule has 1 aliphatic carbocycles. The number of carboxylic acids is 1. The number of piperazine rings is 1. The topological polar surface area (TPSA) is 131 Å². The Morgan fingerprint density at radius 2 is 1.50 bits per heavy atom. The standard InChI is InChI=1S/C27H43N5O3.C2HF3O2/c1-4-24(33)30-26(27(35)32-17-15-31(3)16-18-32)20(2)21-11-13-23(14-12-21)29-25(34)19-28-22-9-7-5-6-8-10-22;3-2(4,5)1(6)7/h11-14,20,22,26,28H,4-10,15-19H2,1-3H3,(H,29,34)(H,30,33);(H,6,7)/t20-,26+;/m0./s1. The molecule has 1 aliphatic heterocycles. The van der Waals surface area contributed by atoms with Crippen LogP contribution < -0.4 is 16.0 Å². The fraction of sp³-hybridized carbons (Fsp3) is 0.655. The smallest absolute Gasteiger partial charge is 0.475 e. The van der Waals surface area contributed by atoms with E-state index < -0.39 is 18.2 Å². The average molecular weight is 600 g/mol. The highest BCUT2D eigenvalue weighted by atomic mass is 19.4. The summed E-state index contributed by atoms with van der Waals surface area (Å²) < 4.78 is 31.7. The zero-order valence-electron chi connectivity index (χ0n) is 24.6. The van der Waals surface area contributed by atoms with Crippen molar-refractivity contribution in [2.24, 2.45) is 0 Å². The van der Waals surface area contributed by atoms with Crippen LogP contribution in [-0.2, 0) is 19.2 Å². The number of halogens is 3. The highest BCUT2D eigenvalue weighted by Crippen LogP contribution is 2.24. The van der Waals surface area contributed by atoms with Crippen LogP contribution in [0.4, 0.5) is 18.9 Å². The first-order valence-electron chi connectivity index (χ1n) is 14.5. The fourth-order valence-electron chi connectivity index (χ4n) is 4.89. The summed E-state index contributed by atoms with van der Waals surface area (Å²) in [5, 5.41) is 16.4. The molecule has 0 bridgehead atoms. The molecule has 13 heteroatoms. The highest BCUT2D eigenvalue weighted by Gasteiger charge is 2.38. The number of carbonyl (C=O) groups excluding carboxylic acids is 3. The monoisotopic (exact) mass is 599 g/mol. The normalized spacial score (nSPS) is 18.1. The molecule has 0 unspecified atom stereocenters. The lowest BCUT2D eigenvalue weighted by atomic mass is 9.91. The zero-order valence-corrected chi connectivity index (χ0v) is 24.6. The van der Waals surface area contributed by atoms with E-state index in [9.17, 15) is 27.6 Å². The molecule has 0 radical (unpaired) electrons. The molecule has 3 amide bonds. The summed E-state index contributed by atoms with van der Waals surface area (Å²) in [7, 11) is 2.05. The molecule has 1 aromatic carbocycles. The van der Waals surface area contributed by atoms with E-state index in [1.54, 1.807) is 6.92 Å². The van der Waals surface area contributed by atoms with Gasteiger partial charge in [-0.15, -0.1) is 0 Å². The van der Waals surface area contributed by atoms with Gasteiger partial charge in [-0.2, -0.15) is 13.2 Å². The molecular weight excluding hydrogens is 555 g/mol. The second-order valence-electron chi connectivity index (χ2n) is 10.9. The van der Waals surface area contributed by atoms with Gasteiger partial charge < -0.3 is 30.9 Å². The first-order valence-corrected chi connectivity index (χ1v) is 14.5. The zero-order chi connectivity index (χ0) is 31.3. The Balaban J connectivity index is 0.000000782. The SMILES string of the molecule is CCC(=O)N[C@@H](C(=O)N1CCN(C)CC1)[C@@H](C)c1ccc(NC(=O)CNC2CCCCCC2)cc1.O=C(O)C(F)(F)F. The van der Waals surface area contributed by atoms with Crippen molar-refractivity contribution in [1.82, 2.24) is 20.4 Å². The van der Waals surface area contributed by atoms with E-state index in [0.717, 1.165) is 37.2 Å². The van der Waals surface area contributed by atoms with Gasteiger partial charge in [-0.3, -0.25) is 14.4 Å². The number of aliphatic carboxylic acids is 1. The lowest BCUT2D eigenvalue weighted by Gasteiger charge is -2.36. The molecule has 2 atom stereocenters. The maximum Gasteiger partial charge on any atom is 0.490 e. The average Bonchev–Trinajstić information content (AvgIpc) is 3.23. The number of amides is 3. The van der Waals surface area contributed by atoms with Crippen LogP contribution in [0, 0.1) is 0 Å². The number of rotatable bonds is 9. The Hall–Kier alpha value is -3.19. The third-order valence-corrected chi connectivity index (χ3v) is 7.59. The Labute approximate surface area is 245 Å². The number of hydrogen-bond donors (Lipinski definition) is 4. The molecule has 4 N–H and O–H groups in total. The van der Waals surface area contributed by atoms with E-state index in [-0.39, 0.29) is 23.6 Å². The number of alkyl halides is 3. The molecule has 1 saturated heterocycles. The summed E-state index contributed by atoms with van der Waals surface area (Å²) in [5.41, 5.74) is 1.68. The molecule has 2 aliphatic rings. The minimum atomic E-state index is -5.08. The van der Waals surface area contributed by atoms with Crippen LogP contribution in [0.25, 0.3) is 0 Å². The van der Waals surface area contributed by atoms with Crippen LogP contribution in [0.3, 0.4) is 0 Å². The summed E-state index contributed by atoms with van der Waals surface area (Å²) in [4.78, 5) is 50.9. The van der Waals surface area contributed by atoms with Gasteiger partial charge in [0.25, 0.3) is 0 Å². The van der Waals surface area contributed by atoms with Crippen molar-refractivity contribution in [1.29, 1.82) is 0 Å². The first-order chi connectivity index (χ1) is 19.8. The van der Waals surface area contributed by atoms with Gasteiger partial charge >= 0.3 is 12.1 Å². The molecule has 10 nitrogen and oxygen atoms in total. The second kappa shape index (κ2) is 17.1. The Morgan fingerprint density at radius 3 is 2.00 bits per heavy atom. The summed E-state index contributed by atoms with van der Waals surface area (Å²) in [6.45, 7) is 7.07. The van der Waals surface area contributed by atoms with Gasteiger partial charge in [0.05, 0.1) is 6.54 Å². The van der Waals surface area contributed by atoms with E-state index in [1.807, 2.05) is 36.1 Å². The number of carboxylic acid groups (broad SMARTS) is 1. The van der Waals surface area contributed by atoms with Gasteiger partial charge in [0.15, 0.2) is 0 Å². The number of nitrogens with zero attached hydrogens (tertiary/aromatic N) is 2.